The lowest BCUT2D eigenvalue weighted by Gasteiger charge is -2.39. The zero-order valence-corrected chi connectivity index (χ0v) is 20.9. The van der Waals surface area contributed by atoms with Gasteiger partial charge in [-0.3, -0.25) is 4.31 Å². The second kappa shape index (κ2) is 11.2. The second-order valence-electron chi connectivity index (χ2n) is 9.58. The Hall–Kier alpha value is -1.62. The molecule has 1 aliphatic carbocycles. The van der Waals surface area contributed by atoms with E-state index < -0.39 is 58.2 Å². The minimum absolute atomic E-state index is 0.00803. The molecule has 3 unspecified atom stereocenters. The van der Waals surface area contributed by atoms with Gasteiger partial charge in [0.25, 0.3) is 0 Å². The lowest BCUT2D eigenvalue weighted by atomic mass is 9.87. The third kappa shape index (κ3) is 6.21. The van der Waals surface area contributed by atoms with Crippen molar-refractivity contribution >= 4 is 15.7 Å². The zero-order valence-electron chi connectivity index (χ0n) is 20.1. The number of hydrogen-bond acceptors (Lipinski definition) is 4. The van der Waals surface area contributed by atoms with E-state index in [1.54, 1.807) is 19.9 Å². The molecule has 0 spiro atoms. The first-order chi connectivity index (χ1) is 16.4. The van der Waals surface area contributed by atoms with Crippen LogP contribution in [0.3, 0.4) is 0 Å². The van der Waals surface area contributed by atoms with Crippen molar-refractivity contribution in [2.24, 2.45) is 11.7 Å². The van der Waals surface area contributed by atoms with Gasteiger partial charge in [0, 0.05) is 12.5 Å². The van der Waals surface area contributed by atoms with E-state index in [9.17, 15) is 30.4 Å². The average molecular weight is 527 g/mol. The Labute approximate surface area is 204 Å². The predicted octanol–water partition coefficient (Wildman–Crippen LogP) is 5.63. The van der Waals surface area contributed by atoms with Gasteiger partial charge in [0.15, 0.2) is 0 Å². The van der Waals surface area contributed by atoms with Crippen LogP contribution in [0.15, 0.2) is 18.2 Å². The van der Waals surface area contributed by atoms with Crippen LogP contribution in [0.4, 0.5) is 27.6 Å². The number of sulfonamides is 1. The number of nitrogens with zero attached hydrogens (tertiary/aromatic N) is 1. The summed E-state index contributed by atoms with van der Waals surface area (Å²) in [5.74, 6) is -2.26. The molecule has 0 amide bonds. The third-order valence-corrected chi connectivity index (χ3v) is 9.43. The lowest BCUT2D eigenvalue weighted by molar-refractivity contribution is -0.181. The molecule has 200 valence electrons. The van der Waals surface area contributed by atoms with Crippen molar-refractivity contribution in [2.75, 3.05) is 17.4 Å². The molecule has 2 N–H and O–H groups in total. The number of anilines is 1. The first-order valence-electron chi connectivity index (χ1n) is 12.3. The van der Waals surface area contributed by atoms with Gasteiger partial charge in [-0.2, -0.15) is 13.2 Å². The Balaban J connectivity index is 2.01. The van der Waals surface area contributed by atoms with Gasteiger partial charge < -0.3 is 10.5 Å². The first-order valence-corrected chi connectivity index (χ1v) is 13.8. The third-order valence-electron chi connectivity index (χ3n) is 7.20. The molecule has 0 radical (unpaired) electrons. The highest BCUT2D eigenvalue weighted by Gasteiger charge is 2.47. The van der Waals surface area contributed by atoms with E-state index in [0.29, 0.717) is 5.56 Å². The van der Waals surface area contributed by atoms with Gasteiger partial charge in [0.1, 0.15) is 24.2 Å². The van der Waals surface area contributed by atoms with E-state index in [1.807, 2.05) is 0 Å². The SMILES string of the molecule is CCC(F)CC(c1ccc2c(c1)N(S(=O)(=O)C1CCC[C@H](C(F)(F)F)C1)C[C@H](CN)O2)[C@H](F)CC. The summed E-state index contributed by atoms with van der Waals surface area (Å²) in [5.41, 5.74) is 6.31. The van der Waals surface area contributed by atoms with Gasteiger partial charge in [0.05, 0.1) is 23.4 Å². The summed E-state index contributed by atoms with van der Waals surface area (Å²) < 4.78 is 103. The fraction of sp³-hybridized carbons (Fsp3) is 0.750. The van der Waals surface area contributed by atoms with Crippen LogP contribution in [-0.4, -0.2) is 51.4 Å². The van der Waals surface area contributed by atoms with E-state index in [2.05, 4.69) is 0 Å². The Bertz CT molecular complexity index is 959. The Kier molecular flexibility index (Phi) is 8.94. The molecule has 35 heavy (non-hydrogen) atoms. The smallest absolute Gasteiger partial charge is 0.391 e. The lowest BCUT2D eigenvalue weighted by Crippen LogP contribution is -2.50. The van der Waals surface area contributed by atoms with E-state index in [1.165, 1.54) is 12.1 Å². The van der Waals surface area contributed by atoms with Crippen molar-refractivity contribution < 1.29 is 35.1 Å². The summed E-state index contributed by atoms with van der Waals surface area (Å²) in [4.78, 5) is 0. The van der Waals surface area contributed by atoms with Gasteiger partial charge in [-0.15, -0.1) is 0 Å². The molecule has 1 saturated carbocycles. The quantitative estimate of drug-likeness (QED) is 0.423. The topological polar surface area (TPSA) is 72.6 Å². The van der Waals surface area contributed by atoms with Crippen LogP contribution in [-0.2, 0) is 10.0 Å². The minimum Gasteiger partial charge on any atom is -0.485 e. The Morgan fingerprint density at radius 1 is 1.17 bits per heavy atom. The Morgan fingerprint density at radius 3 is 2.49 bits per heavy atom. The van der Waals surface area contributed by atoms with Crippen molar-refractivity contribution in [3.05, 3.63) is 23.8 Å². The highest BCUT2D eigenvalue weighted by molar-refractivity contribution is 7.93. The second-order valence-corrected chi connectivity index (χ2v) is 11.7. The number of fused-ring (bicyclic) bond motifs is 1. The molecule has 11 heteroatoms. The normalized spacial score (nSPS) is 25.9. The molecule has 1 aliphatic heterocycles. The molecule has 1 fully saturated rings. The number of nitrogens with two attached hydrogens (primary N) is 1. The van der Waals surface area contributed by atoms with Crippen molar-refractivity contribution in [1.82, 2.24) is 0 Å². The summed E-state index contributed by atoms with van der Waals surface area (Å²) in [6.07, 6.45) is -7.69. The molecule has 1 aromatic carbocycles. The molecule has 0 bridgehead atoms. The van der Waals surface area contributed by atoms with Gasteiger partial charge in [-0.25, -0.2) is 17.2 Å². The standard InChI is InChI=1S/C24H35F5N2O3S/c1-3-17(25)12-20(21(26)4-2)15-8-9-23-22(10-15)31(14-18(13-30)34-23)35(32,33)19-7-5-6-16(11-19)24(27,28)29/h8-10,16-21H,3-7,11-14,30H2,1-2H3/t16-,17?,18-,19?,20?,21+/m0/s1. The number of halogens is 5. The predicted molar refractivity (Wildman–Crippen MR) is 126 cm³/mol. The van der Waals surface area contributed by atoms with Crippen LogP contribution in [0, 0.1) is 5.92 Å². The number of alkyl halides is 5. The van der Waals surface area contributed by atoms with Crippen LogP contribution < -0.4 is 14.8 Å². The van der Waals surface area contributed by atoms with E-state index in [-0.39, 0.29) is 63.1 Å². The van der Waals surface area contributed by atoms with Crippen molar-refractivity contribution in [1.29, 1.82) is 0 Å². The molecule has 2 aliphatic rings. The van der Waals surface area contributed by atoms with Crippen molar-refractivity contribution in [3.8, 4) is 5.75 Å². The fourth-order valence-corrected chi connectivity index (χ4v) is 7.13. The molecule has 1 aromatic rings. The molecular weight excluding hydrogens is 491 g/mol. The number of hydrogen-bond donors (Lipinski definition) is 1. The number of benzene rings is 1. The maximum atomic E-state index is 14.9. The van der Waals surface area contributed by atoms with Crippen LogP contribution in [0.2, 0.25) is 0 Å². The van der Waals surface area contributed by atoms with E-state index >= 15 is 0 Å². The van der Waals surface area contributed by atoms with Gasteiger partial charge in [-0.05, 0) is 56.2 Å². The minimum atomic E-state index is -4.46. The number of ether oxygens (including phenoxy) is 1. The van der Waals surface area contributed by atoms with Crippen LogP contribution >= 0.6 is 0 Å². The van der Waals surface area contributed by atoms with Crippen molar-refractivity contribution in [2.45, 2.75) is 94.6 Å². The van der Waals surface area contributed by atoms with Crippen LogP contribution in [0.1, 0.15) is 70.3 Å². The van der Waals surface area contributed by atoms with Gasteiger partial charge >= 0.3 is 6.18 Å². The first kappa shape index (κ1) is 28.0. The largest absolute Gasteiger partial charge is 0.485 e. The molecule has 6 atom stereocenters. The maximum absolute atomic E-state index is 14.9. The highest BCUT2D eigenvalue weighted by Crippen LogP contribution is 2.44. The summed E-state index contributed by atoms with van der Waals surface area (Å²) in [5, 5.41) is -1.20. The molecule has 3 rings (SSSR count). The highest BCUT2D eigenvalue weighted by atomic mass is 32.2. The van der Waals surface area contributed by atoms with Gasteiger partial charge in [0.2, 0.25) is 10.0 Å². The van der Waals surface area contributed by atoms with E-state index in [4.69, 9.17) is 10.5 Å². The molecule has 1 heterocycles. The molecule has 5 nitrogen and oxygen atoms in total. The maximum Gasteiger partial charge on any atom is 0.391 e. The number of rotatable bonds is 9. The summed E-state index contributed by atoms with van der Waals surface area (Å²) in [6.45, 7) is 3.18. The van der Waals surface area contributed by atoms with Gasteiger partial charge in [-0.1, -0.05) is 26.3 Å². The monoisotopic (exact) mass is 526 g/mol. The summed E-state index contributed by atoms with van der Waals surface area (Å²) in [6, 6.07) is 4.60. The zero-order chi connectivity index (χ0) is 26.0. The molecule has 0 saturated heterocycles. The fourth-order valence-electron chi connectivity index (χ4n) is 5.04. The van der Waals surface area contributed by atoms with Crippen molar-refractivity contribution in [3.63, 3.8) is 0 Å². The van der Waals surface area contributed by atoms with Crippen LogP contribution in [0.5, 0.6) is 5.75 Å². The summed E-state index contributed by atoms with van der Waals surface area (Å²) >= 11 is 0. The average Bonchev–Trinajstić information content (AvgIpc) is 2.85. The molecular formula is C24H35F5N2O3S. The Morgan fingerprint density at radius 2 is 1.89 bits per heavy atom. The molecule has 0 aromatic heterocycles. The van der Waals surface area contributed by atoms with Crippen LogP contribution in [0.25, 0.3) is 0 Å². The van der Waals surface area contributed by atoms with E-state index in [0.717, 1.165) is 4.31 Å². The summed E-state index contributed by atoms with van der Waals surface area (Å²) in [7, 11) is -4.20.